The van der Waals surface area contributed by atoms with E-state index in [-0.39, 0.29) is 12.2 Å². The molecule has 5 nitrogen and oxygen atoms in total. The molecular formula is C23H19NO4. The lowest BCUT2D eigenvalue weighted by molar-refractivity contribution is -0.139. The van der Waals surface area contributed by atoms with Crippen LogP contribution in [0.25, 0.3) is 0 Å². The van der Waals surface area contributed by atoms with Crippen molar-refractivity contribution in [3.63, 3.8) is 0 Å². The quantitative estimate of drug-likeness (QED) is 0.622. The number of carbonyl (C=O) groups is 3. The third-order valence-electron chi connectivity index (χ3n) is 4.33. The van der Waals surface area contributed by atoms with Gasteiger partial charge in [-0.2, -0.15) is 0 Å². The van der Waals surface area contributed by atoms with Crippen LogP contribution in [0.2, 0.25) is 0 Å². The topological polar surface area (TPSA) is 83.5 Å². The van der Waals surface area contributed by atoms with E-state index in [2.05, 4.69) is 5.32 Å². The molecule has 3 aromatic carbocycles. The molecule has 0 aliphatic carbocycles. The molecule has 0 aliphatic heterocycles. The maximum Gasteiger partial charge on any atom is 0.326 e. The van der Waals surface area contributed by atoms with Crippen LogP contribution < -0.4 is 5.32 Å². The molecule has 3 rings (SSSR count). The molecule has 1 atom stereocenters. The molecule has 3 aromatic rings. The van der Waals surface area contributed by atoms with E-state index in [1.54, 1.807) is 78.9 Å². The van der Waals surface area contributed by atoms with Crippen LogP contribution in [0.3, 0.4) is 0 Å². The van der Waals surface area contributed by atoms with Crippen molar-refractivity contribution in [2.24, 2.45) is 0 Å². The zero-order chi connectivity index (χ0) is 19.9. The van der Waals surface area contributed by atoms with Crippen molar-refractivity contribution < 1.29 is 19.5 Å². The number of carboxylic acid groups (broad SMARTS) is 1. The average molecular weight is 373 g/mol. The molecule has 0 aliphatic rings. The van der Waals surface area contributed by atoms with Gasteiger partial charge in [0.15, 0.2) is 5.78 Å². The number of benzene rings is 3. The predicted octanol–water partition coefficient (Wildman–Crippen LogP) is 3.34. The predicted molar refractivity (Wildman–Crippen MR) is 105 cm³/mol. The summed E-state index contributed by atoms with van der Waals surface area (Å²) in [6.45, 7) is 0. The summed E-state index contributed by atoms with van der Waals surface area (Å²) in [4.78, 5) is 36.2. The van der Waals surface area contributed by atoms with Crippen molar-refractivity contribution in [2.75, 3.05) is 0 Å². The minimum Gasteiger partial charge on any atom is -0.480 e. The van der Waals surface area contributed by atoms with Gasteiger partial charge in [-0.1, -0.05) is 72.8 Å². The molecule has 140 valence electrons. The highest BCUT2D eigenvalue weighted by Gasteiger charge is 2.21. The number of amides is 1. The maximum atomic E-state index is 12.4. The summed E-state index contributed by atoms with van der Waals surface area (Å²) in [5, 5.41) is 12.0. The lowest BCUT2D eigenvalue weighted by atomic mass is 9.99. The van der Waals surface area contributed by atoms with Crippen molar-refractivity contribution in [1.29, 1.82) is 0 Å². The van der Waals surface area contributed by atoms with Gasteiger partial charge in [0.05, 0.1) is 0 Å². The number of nitrogens with one attached hydrogen (secondary N) is 1. The molecule has 0 fully saturated rings. The summed E-state index contributed by atoms with van der Waals surface area (Å²) < 4.78 is 0. The summed E-state index contributed by atoms with van der Waals surface area (Å²) in [6.07, 6.45) is 0.119. The maximum absolute atomic E-state index is 12.4. The molecule has 5 heteroatoms. The van der Waals surface area contributed by atoms with Crippen LogP contribution in [-0.4, -0.2) is 28.8 Å². The Morgan fingerprint density at radius 3 is 1.75 bits per heavy atom. The summed E-state index contributed by atoms with van der Waals surface area (Å²) in [5.41, 5.74) is 2.23. The summed E-state index contributed by atoms with van der Waals surface area (Å²) in [7, 11) is 0. The Morgan fingerprint density at radius 1 is 0.714 bits per heavy atom. The van der Waals surface area contributed by atoms with Crippen molar-refractivity contribution in [3.05, 3.63) is 107 Å². The SMILES string of the molecule is O=C(N[C@H](Cc1ccc(C(=O)c2ccccc2)cc1)C(=O)O)c1ccccc1. The zero-order valence-electron chi connectivity index (χ0n) is 15.0. The molecule has 2 N–H and O–H groups in total. The number of hydrogen-bond acceptors (Lipinski definition) is 3. The molecule has 28 heavy (non-hydrogen) atoms. The van der Waals surface area contributed by atoms with Gasteiger partial charge in [0.25, 0.3) is 5.91 Å². The number of hydrogen-bond donors (Lipinski definition) is 2. The lowest BCUT2D eigenvalue weighted by Crippen LogP contribution is -2.42. The van der Waals surface area contributed by atoms with E-state index in [4.69, 9.17) is 0 Å². The van der Waals surface area contributed by atoms with Gasteiger partial charge in [-0.25, -0.2) is 4.79 Å². The fraction of sp³-hybridized carbons (Fsp3) is 0.0870. The highest BCUT2D eigenvalue weighted by atomic mass is 16.4. The molecule has 0 aromatic heterocycles. The highest BCUT2D eigenvalue weighted by molar-refractivity contribution is 6.08. The van der Waals surface area contributed by atoms with E-state index < -0.39 is 17.9 Å². The van der Waals surface area contributed by atoms with Crippen LogP contribution in [0.5, 0.6) is 0 Å². The molecule has 0 saturated carbocycles. The van der Waals surface area contributed by atoms with Gasteiger partial charge in [0.1, 0.15) is 6.04 Å². The third kappa shape index (κ3) is 4.71. The molecule has 1 amide bonds. The number of aliphatic carboxylic acids is 1. The minimum absolute atomic E-state index is 0.0979. The number of carboxylic acids is 1. The second kappa shape index (κ2) is 8.77. The van der Waals surface area contributed by atoms with Crippen molar-refractivity contribution >= 4 is 17.7 Å². The smallest absolute Gasteiger partial charge is 0.326 e. The van der Waals surface area contributed by atoms with Gasteiger partial charge in [0, 0.05) is 23.1 Å². The normalized spacial score (nSPS) is 11.4. The van der Waals surface area contributed by atoms with Gasteiger partial charge < -0.3 is 10.4 Å². The van der Waals surface area contributed by atoms with Gasteiger partial charge in [0.2, 0.25) is 0 Å². The second-order valence-corrected chi connectivity index (χ2v) is 6.33. The Kier molecular flexibility index (Phi) is 5.97. The molecule has 0 unspecified atom stereocenters. The lowest BCUT2D eigenvalue weighted by Gasteiger charge is -2.15. The Labute approximate surface area is 162 Å². The van der Waals surface area contributed by atoms with Crippen molar-refractivity contribution in [1.82, 2.24) is 5.32 Å². The highest BCUT2D eigenvalue weighted by Crippen LogP contribution is 2.13. The largest absolute Gasteiger partial charge is 0.480 e. The Bertz CT molecular complexity index is 967. The summed E-state index contributed by atoms with van der Waals surface area (Å²) >= 11 is 0. The fourth-order valence-corrected chi connectivity index (χ4v) is 2.82. The first-order valence-corrected chi connectivity index (χ1v) is 8.82. The van der Waals surface area contributed by atoms with E-state index in [0.29, 0.717) is 22.3 Å². The first-order chi connectivity index (χ1) is 13.5. The van der Waals surface area contributed by atoms with Crippen LogP contribution in [0.4, 0.5) is 0 Å². The standard InChI is InChI=1S/C23H19NO4/c25-21(17-7-3-1-4-8-17)18-13-11-16(12-14-18)15-20(23(27)28)24-22(26)19-9-5-2-6-10-19/h1-14,20H,15H2,(H,24,26)(H,27,28)/t20-/m1/s1. The van der Waals surface area contributed by atoms with E-state index in [1.165, 1.54) is 0 Å². The van der Waals surface area contributed by atoms with Gasteiger partial charge >= 0.3 is 5.97 Å². The van der Waals surface area contributed by atoms with Crippen molar-refractivity contribution in [3.8, 4) is 0 Å². The zero-order valence-corrected chi connectivity index (χ0v) is 15.0. The Morgan fingerprint density at radius 2 is 1.21 bits per heavy atom. The third-order valence-corrected chi connectivity index (χ3v) is 4.33. The first-order valence-electron chi connectivity index (χ1n) is 8.82. The molecule has 0 radical (unpaired) electrons. The second-order valence-electron chi connectivity index (χ2n) is 6.33. The van der Waals surface area contributed by atoms with E-state index in [0.717, 1.165) is 0 Å². The van der Waals surface area contributed by atoms with Crippen LogP contribution in [0, 0.1) is 0 Å². The van der Waals surface area contributed by atoms with Crippen molar-refractivity contribution in [2.45, 2.75) is 12.5 Å². The van der Waals surface area contributed by atoms with Gasteiger partial charge in [-0.3, -0.25) is 9.59 Å². The van der Waals surface area contributed by atoms with Crippen LogP contribution in [-0.2, 0) is 11.2 Å². The van der Waals surface area contributed by atoms with Gasteiger partial charge in [-0.15, -0.1) is 0 Å². The minimum atomic E-state index is -1.12. The Hall–Kier alpha value is -3.73. The average Bonchev–Trinajstić information content (AvgIpc) is 2.74. The van der Waals surface area contributed by atoms with Crippen LogP contribution in [0.15, 0.2) is 84.9 Å². The molecular weight excluding hydrogens is 354 g/mol. The number of ketones is 1. The van der Waals surface area contributed by atoms with Crippen LogP contribution >= 0.6 is 0 Å². The van der Waals surface area contributed by atoms with E-state index >= 15 is 0 Å². The molecule has 0 bridgehead atoms. The van der Waals surface area contributed by atoms with Crippen LogP contribution in [0.1, 0.15) is 31.8 Å². The monoisotopic (exact) mass is 373 g/mol. The van der Waals surface area contributed by atoms with Gasteiger partial charge in [-0.05, 0) is 17.7 Å². The van der Waals surface area contributed by atoms with E-state index in [1.807, 2.05) is 6.07 Å². The molecule has 0 heterocycles. The molecule has 0 spiro atoms. The summed E-state index contributed by atoms with van der Waals surface area (Å²) in [5.74, 6) is -1.66. The first kappa shape index (κ1) is 19.0. The molecule has 0 saturated heterocycles. The summed E-state index contributed by atoms with van der Waals surface area (Å²) in [6, 6.07) is 23.1. The van der Waals surface area contributed by atoms with E-state index in [9.17, 15) is 19.5 Å². The Balaban J connectivity index is 1.69. The number of rotatable bonds is 7. The fourth-order valence-electron chi connectivity index (χ4n) is 2.82. The number of carbonyl (C=O) groups excluding carboxylic acids is 2.